The summed E-state index contributed by atoms with van der Waals surface area (Å²) in [7, 11) is 0. The van der Waals surface area contributed by atoms with Crippen LogP contribution in [0, 0.1) is 0 Å². The number of benzene rings is 1. The third-order valence-electron chi connectivity index (χ3n) is 3.22. The highest BCUT2D eigenvalue weighted by molar-refractivity contribution is 5.93. The van der Waals surface area contributed by atoms with Gasteiger partial charge < -0.3 is 11.1 Å². The molecule has 3 N–H and O–H groups in total. The monoisotopic (exact) mass is 308 g/mol. The zero-order valence-corrected chi connectivity index (χ0v) is 12.6. The van der Waals surface area contributed by atoms with E-state index in [1.54, 1.807) is 24.7 Å². The van der Waals surface area contributed by atoms with Gasteiger partial charge in [0.25, 0.3) is 0 Å². The molecule has 116 valence electrons. The first-order valence-corrected chi connectivity index (χ1v) is 7.19. The molecule has 3 heterocycles. The molecule has 4 rings (SSSR count). The Labute approximate surface area is 133 Å². The van der Waals surface area contributed by atoms with E-state index in [4.69, 9.17) is 5.73 Å². The fourth-order valence-electron chi connectivity index (χ4n) is 1.92. The fraction of sp³-hybridized carbons (Fsp3) is 0.125. The Kier molecular flexibility index (Phi) is 4.01. The van der Waals surface area contributed by atoms with Gasteiger partial charge in [-0.25, -0.2) is 15.0 Å². The second-order valence-corrected chi connectivity index (χ2v) is 4.88. The quantitative estimate of drug-likeness (QED) is 0.599. The van der Waals surface area contributed by atoms with Gasteiger partial charge in [-0.1, -0.05) is 12.1 Å². The van der Waals surface area contributed by atoms with Crippen molar-refractivity contribution in [2.45, 2.75) is 6.92 Å². The summed E-state index contributed by atoms with van der Waals surface area (Å²) in [5.74, 6) is 1.29. The number of fused-ring (bicyclic) bond motifs is 1. The molecule has 2 aliphatic heterocycles. The average molecular weight is 308 g/mol. The van der Waals surface area contributed by atoms with E-state index in [-0.39, 0.29) is 0 Å². The highest BCUT2D eigenvalue weighted by Crippen LogP contribution is 2.18. The van der Waals surface area contributed by atoms with Gasteiger partial charge in [-0.3, -0.25) is 9.36 Å². The normalized spacial score (nSPS) is 10.5. The van der Waals surface area contributed by atoms with E-state index in [9.17, 15) is 4.79 Å². The van der Waals surface area contributed by atoms with Gasteiger partial charge in [0.15, 0.2) is 5.82 Å². The lowest BCUT2D eigenvalue weighted by atomic mass is 10.1. The molecular weight excluding hydrogens is 292 g/mol. The number of carbonyl (C=O) groups is 1. The number of imidazole rings is 1. The SMILES string of the molecule is CCNc1nccc(-c2ccc(C(N)=O)cc2)n1.c1nc2cn1-2. The van der Waals surface area contributed by atoms with Crippen LogP contribution in [0.2, 0.25) is 0 Å². The molecule has 23 heavy (non-hydrogen) atoms. The van der Waals surface area contributed by atoms with Gasteiger partial charge in [0, 0.05) is 23.9 Å². The lowest BCUT2D eigenvalue weighted by molar-refractivity contribution is 0.100. The topological polar surface area (TPSA) is 98.7 Å². The number of carbonyl (C=O) groups excluding carboxylic acids is 1. The second kappa shape index (κ2) is 6.27. The Morgan fingerprint density at radius 3 is 2.43 bits per heavy atom. The molecule has 0 aliphatic carbocycles. The van der Waals surface area contributed by atoms with E-state index in [0.717, 1.165) is 23.6 Å². The minimum Gasteiger partial charge on any atom is -0.366 e. The first-order chi connectivity index (χ1) is 11.2. The zero-order chi connectivity index (χ0) is 16.2. The number of primary amides is 1. The third-order valence-corrected chi connectivity index (χ3v) is 3.22. The molecule has 7 heteroatoms. The molecule has 2 aliphatic rings. The molecule has 0 saturated heterocycles. The molecule has 0 spiro atoms. The van der Waals surface area contributed by atoms with E-state index in [1.807, 2.05) is 35.9 Å². The number of anilines is 1. The Morgan fingerprint density at radius 2 is 1.96 bits per heavy atom. The Morgan fingerprint density at radius 1 is 1.22 bits per heavy atom. The maximum Gasteiger partial charge on any atom is 0.248 e. The van der Waals surface area contributed by atoms with Crippen LogP contribution >= 0.6 is 0 Å². The summed E-state index contributed by atoms with van der Waals surface area (Å²) in [4.78, 5) is 23.3. The predicted molar refractivity (Wildman–Crippen MR) is 87.3 cm³/mol. The van der Waals surface area contributed by atoms with Crippen molar-refractivity contribution in [3.63, 3.8) is 0 Å². The summed E-state index contributed by atoms with van der Waals surface area (Å²) in [6.45, 7) is 2.75. The molecule has 0 bridgehead atoms. The molecule has 1 aromatic carbocycles. The second-order valence-electron chi connectivity index (χ2n) is 4.88. The van der Waals surface area contributed by atoms with Crippen LogP contribution in [-0.4, -0.2) is 32.0 Å². The lowest BCUT2D eigenvalue weighted by Crippen LogP contribution is -2.10. The molecule has 0 atom stereocenters. The van der Waals surface area contributed by atoms with Crippen molar-refractivity contribution in [2.24, 2.45) is 5.73 Å². The Hall–Kier alpha value is -3.22. The molecule has 0 saturated carbocycles. The highest BCUT2D eigenvalue weighted by Gasteiger charge is 2.10. The van der Waals surface area contributed by atoms with Gasteiger partial charge >= 0.3 is 0 Å². The minimum absolute atomic E-state index is 0.433. The number of aromatic nitrogens is 4. The van der Waals surface area contributed by atoms with Crippen LogP contribution in [0.3, 0.4) is 0 Å². The number of nitrogens with zero attached hydrogens (tertiary/aromatic N) is 4. The number of hydrogen-bond donors (Lipinski definition) is 2. The van der Waals surface area contributed by atoms with Crippen LogP contribution in [-0.2, 0) is 0 Å². The van der Waals surface area contributed by atoms with Crippen molar-refractivity contribution < 1.29 is 4.79 Å². The van der Waals surface area contributed by atoms with E-state index in [0.29, 0.717) is 11.5 Å². The lowest BCUT2D eigenvalue weighted by Gasteiger charge is -2.05. The van der Waals surface area contributed by atoms with Crippen molar-refractivity contribution in [1.82, 2.24) is 19.5 Å². The van der Waals surface area contributed by atoms with Gasteiger partial charge in [0.05, 0.1) is 11.9 Å². The van der Waals surface area contributed by atoms with Crippen LogP contribution in [0.4, 0.5) is 5.95 Å². The molecule has 0 unspecified atom stereocenters. The molecule has 2 aromatic rings. The fourth-order valence-corrected chi connectivity index (χ4v) is 1.92. The predicted octanol–water partition coefficient (Wildman–Crippen LogP) is 1.86. The van der Waals surface area contributed by atoms with Crippen LogP contribution in [0.1, 0.15) is 17.3 Å². The molecule has 7 nitrogen and oxygen atoms in total. The molecule has 0 radical (unpaired) electrons. The largest absolute Gasteiger partial charge is 0.366 e. The highest BCUT2D eigenvalue weighted by atomic mass is 16.1. The third kappa shape index (κ3) is 3.52. The molecule has 1 amide bonds. The van der Waals surface area contributed by atoms with E-state index in [2.05, 4.69) is 20.3 Å². The van der Waals surface area contributed by atoms with Crippen LogP contribution in [0.25, 0.3) is 17.1 Å². The molecule has 1 aromatic heterocycles. The summed E-state index contributed by atoms with van der Waals surface area (Å²) in [6, 6.07) is 8.83. The summed E-state index contributed by atoms with van der Waals surface area (Å²) in [5, 5.41) is 3.05. The summed E-state index contributed by atoms with van der Waals surface area (Å²) >= 11 is 0. The first kappa shape index (κ1) is 14.7. The van der Waals surface area contributed by atoms with Gasteiger partial charge in [-0.05, 0) is 25.1 Å². The average Bonchev–Trinajstić information content (AvgIpc) is 3.14. The number of hydrogen-bond acceptors (Lipinski definition) is 5. The van der Waals surface area contributed by atoms with Gasteiger partial charge in [0.1, 0.15) is 6.33 Å². The van der Waals surface area contributed by atoms with E-state index < -0.39 is 5.91 Å². The van der Waals surface area contributed by atoms with Crippen molar-refractivity contribution in [1.29, 1.82) is 0 Å². The van der Waals surface area contributed by atoms with Crippen molar-refractivity contribution >= 4 is 11.9 Å². The smallest absolute Gasteiger partial charge is 0.248 e. The maximum atomic E-state index is 11.0. The van der Waals surface area contributed by atoms with Gasteiger partial charge in [-0.15, -0.1) is 0 Å². The van der Waals surface area contributed by atoms with Gasteiger partial charge in [-0.2, -0.15) is 0 Å². The molecule has 0 fully saturated rings. The van der Waals surface area contributed by atoms with Crippen molar-refractivity contribution in [3.05, 3.63) is 54.6 Å². The summed E-state index contributed by atoms with van der Waals surface area (Å²) in [5.41, 5.74) is 7.40. The van der Waals surface area contributed by atoms with Crippen molar-refractivity contribution in [2.75, 3.05) is 11.9 Å². The van der Waals surface area contributed by atoms with Gasteiger partial charge in [0.2, 0.25) is 11.9 Å². The summed E-state index contributed by atoms with van der Waals surface area (Å²) in [6.07, 6.45) is 5.46. The van der Waals surface area contributed by atoms with E-state index >= 15 is 0 Å². The standard InChI is InChI=1S/C13H14N4O.C3H2N2/c1-2-15-13-16-8-7-11(17-13)9-3-5-10(6-4-9)12(14)18;1-3-4-2-5(1)3/h3-8H,2H2,1H3,(H2,14,18)(H,15,16,17);1-2H. The van der Waals surface area contributed by atoms with Crippen LogP contribution in [0.5, 0.6) is 0 Å². The number of nitrogens with two attached hydrogens (primary N) is 1. The maximum absolute atomic E-state index is 11.0. The summed E-state index contributed by atoms with van der Waals surface area (Å²) < 4.78 is 1.97. The number of nitrogens with one attached hydrogen (secondary N) is 1. The Balaban J connectivity index is 0.000000258. The number of amides is 1. The van der Waals surface area contributed by atoms with Crippen LogP contribution in [0.15, 0.2) is 49.1 Å². The first-order valence-electron chi connectivity index (χ1n) is 7.19. The minimum atomic E-state index is -0.433. The van der Waals surface area contributed by atoms with Crippen molar-refractivity contribution in [3.8, 4) is 17.1 Å². The molecular formula is C16H16N6O. The van der Waals surface area contributed by atoms with E-state index in [1.165, 1.54) is 0 Å². The number of rotatable bonds is 4. The zero-order valence-electron chi connectivity index (χ0n) is 12.6. The Bertz CT molecular complexity index is 801. The van der Waals surface area contributed by atoms with Crippen LogP contribution < -0.4 is 11.1 Å².